The van der Waals surface area contributed by atoms with Gasteiger partial charge >= 0.3 is 0 Å². The minimum absolute atomic E-state index is 0.163. The van der Waals surface area contributed by atoms with Crippen molar-refractivity contribution in [2.75, 3.05) is 23.7 Å². The lowest BCUT2D eigenvalue weighted by Crippen LogP contribution is -2.43. The Morgan fingerprint density at radius 2 is 2.03 bits per heavy atom. The molecule has 2 aromatic rings. The van der Waals surface area contributed by atoms with Crippen molar-refractivity contribution in [3.05, 3.63) is 59.5 Å². The highest BCUT2D eigenvalue weighted by molar-refractivity contribution is 9.10. The number of amides is 3. The Hall–Kier alpha value is -3.07. The van der Waals surface area contributed by atoms with E-state index in [9.17, 15) is 14.4 Å². The third-order valence-corrected chi connectivity index (χ3v) is 4.94. The lowest BCUT2D eigenvalue weighted by molar-refractivity contribution is -0.130. The van der Waals surface area contributed by atoms with Crippen molar-refractivity contribution in [1.82, 2.24) is 14.9 Å². The molecule has 0 aromatic carbocycles. The molecule has 0 spiro atoms. The zero-order valence-corrected chi connectivity index (χ0v) is 17.2. The molecule has 1 aliphatic rings. The van der Waals surface area contributed by atoms with E-state index in [0.29, 0.717) is 35.6 Å². The van der Waals surface area contributed by atoms with Crippen LogP contribution in [0.15, 0.2) is 53.8 Å². The van der Waals surface area contributed by atoms with E-state index >= 15 is 0 Å². The molecule has 1 fully saturated rings. The van der Waals surface area contributed by atoms with E-state index in [1.165, 1.54) is 12.3 Å². The van der Waals surface area contributed by atoms with Gasteiger partial charge in [-0.2, -0.15) is 0 Å². The van der Waals surface area contributed by atoms with Crippen LogP contribution in [0.3, 0.4) is 0 Å². The maximum atomic E-state index is 12.5. The van der Waals surface area contributed by atoms with Crippen LogP contribution in [0.1, 0.15) is 23.3 Å². The summed E-state index contributed by atoms with van der Waals surface area (Å²) in [6.45, 7) is 4.50. The number of anilines is 2. The van der Waals surface area contributed by atoms with Crippen LogP contribution in [-0.4, -0.2) is 45.7 Å². The van der Waals surface area contributed by atoms with Crippen LogP contribution in [-0.2, 0) is 9.59 Å². The van der Waals surface area contributed by atoms with Crippen LogP contribution in [0.2, 0.25) is 0 Å². The zero-order valence-electron chi connectivity index (χ0n) is 15.6. The molecule has 1 atom stereocenters. The summed E-state index contributed by atoms with van der Waals surface area (Å²) in [6, 6.07) is 8.29. The second kappa shape index (κ2) is 9.42. The van der Waals surface area contributed by atoms with Gasteiger partial charge in [0.25, 0.3) is 5.91 Å². The average Bonchev–Trinajstić information content (AvgIpc) is 2.74. The first-order valence-electron chi connectivity index (χ1n) is 9.08. The second-order valence-electron chi connectivity index (χ2n) is 6.55. The van der Waals surface area contributed by atoms with Crippen molar-refractivity contribution in [3.63, 3.8) is 0 Å². The number of carbonyl (C=O) groups is 3. The van der Waals surface area contributed by atoms with E-state index in [4.69, 9.17) is 0 Å². The Labute approximate surface area is 176 Å². The summed E-state index contributed by atoms with van der Waals surface area (Å²) in [6.07, 6.45) is 4.22. The Morgan fingerprint density at radius 3 is 2.72 bits per heavy atom. The molecule has 1 saturated heterocycles. The number of aromatic nitrogens is 2. The Morgan fingerprint density at radius 1 is 1.21 bits per heavy atom. The molecule has 150 valence electrons. The summed E-state index contributed by atoms with van der Waals surface area (Å²) >= 11 is 3.22. The Balaban J connectivity index is 1.57. The van der Waals surface area contributed by atoms with Gasteiger partial charge in [-0.15, -0.1) is 0 Å². The molecule has 0 bridgehead atoms. The number of carbonyl (C=O) groups excluding carboxylic acids is 3. The molecule has 0 saturated carbocycles. The molecule has 3 heterocycles. The van der Waals surface area contributed by atoms with Gasteiger partial charge in [-0.3, -0.25) is 14.4 Å². The molecule has 3 amide bonds. The van der Waals surface area contributed by atoms with Gasteiger partial charge in [0, 0.05) is 13.1 Å². The number of nitrogens with one attached hydrogen (secondary N) is 2. The second-order valence-corrected chi connectivity index (χ2v) is 7.36. The lowest BCUT2D eigenvalue weighted by atomic mass is 9.97. The van der Waals surface area contributed by atoms with Crippen LogP contribution >= 0.6 is 15.9 Å². The van der Waals surface area contributed by atoms with Crippen molar-refractivity contribution >= 4 is 45.2 Å². The van der Waals surface area contributed by atoms with Gasteiger partial charge < -0.3 is 15.5 Å². The highest BCUT2D eigenvalue weighted by atomic mass is 79.9. The van der Waals surface area contributed by atoms with E-state index in [1.807, 2.05) is 0 Å². The Bertz CT molecular complexity index is 932. The van der Waals surface area contributed by atoms with Crippen molar-refractivity contribution < 1.29 is 14.4 Å². The number of piperidine rings is 1. The first-order chi connectivity index (χ1) is 14.0. The number of likely N-dealkylation sites (tertiary alicyclic amines) is 1. The molecule has 0 unspecified atom stereocenters. The third-order valence-electron chi connectivity index (χ3n) is 4.50. The van der Waals surface area contributed by atoms with E-state index in [0.717, 1.165) is 6.42 Å². The SMILES string of the molecule is C=CC(=O)N1CCC[C@H](C(=O)Nc2ccc(NC(=O)c3cccc(Br)n3)nc2)C1. The lowest BCUT2D eigenvalue weighted by Gasteiger charge is -2.31. The smallest absolute Gasteiger partial charge is 0.275 e. The van der Waals surface area contributed by atoms with Crippen LogP contribution in [0.25, 0.3) is 0 Å². The van der Waals surface area contributed by atoms with Gasteiger partial charge in [0.2, 0.25) is 11.8 Å². The molecule has 0 aliphatic carbocycles. The van der Waals surface area contributed by atoms with Crippen LogP contribution in [0, 0.1) is 5.92 Å². The van der Waals surface area contributed by atoms with Gasteiger partial charge in [-0.25, -0.2) is 9.97 Å². The molecule has 2 N–H and O–H groups in total. The van der Waals surface area contributed by atoms with Crippen LogP contribution in [0.5, 0.6) is 0 Å². The van der Waals surface area contributed by atoms with E-state index in [1.54, 1.807) is 35.2 Å². The molecule has 9 heteroatoms. The van der Waals surface area contributed by atoms with Crippen molar-refractivity contribution in [2.45, 2.75) is 12.8 Å². The summed E-state index contributed by atoms with van der Waals surface area (Å²) in [7, 11) is 0. The van der Waals surface area contributed by atoms with E-state index in [-0.39, 0.29) is 29.3 Å². The van der Waals surface area contributed by atoms with Gasteiger partial charge in [-0.1, -0.05) is 12.6 Å². The number of rotatable bonds is 5. The molecule has 0 radical (unpaired) electrons. The minimum atomic E-state index is -0.384. The Kier molecular flexibility index (Phi) is 6.71. The molecular weight excluding hydrogens is 438 g/mol. The van der Waals surface area contributed by atoms with Crippen LogP contribution in [0.4, 0.5) is 11.5 Å². The summed E-state index contributed by atoms with van der Waals surface area (Å²) < 4.78 is 0.562. The summed E-state index contributed by atoms with van der Waals surface area (Å²) in [5, 5.41) is 5.47. The van der Waals surface area contributed by atoms with Crippen molar-refractivity contribution in [1.29, 1.82) is 0 Å². The van der Waals surface area contributed by atoms with E-state index < -0.39 is 0 Å². The summed E-state index contributed by atoms with van der Waals surface area (Å²) in [5.74, 6) is -0.651. The maximum Gasteiger partial charge on any atom is 0.275 e. The third kappa shape index (κ3) is 5.47. The number of nitrogens with zero attached hydrogens (tertiary/aromatic N) is 3. The van der Waals surface area contributed by atoms with Gasteiger partial charge in [0.1, 0.15) is 16.1 Å². The van der Waals surface area contributed by atoms with Gasteiger partial charge in [0.05, 0.1) is 17.8 Å². The highest BCUT2D eigenvalue weighted by Gasteiger charge is 2.27. The number of pyridine rings is 2. The van der Waals surface area contributed by atoms with Gasteiger partial charge in [0.15, 0.2) is 0 Å². The summed E-state index contributed by atoms with van der Waals surface area (Å²) in [4.78, 5) is 46.4. The predicted octanol–water partition coefficient (Wildman–Crippen LogP) is 2.85. The fourth-order valence-electron chi connectivity index (χ4n) is 3.02. The minimum Gasteiger partial charge on any atom is -0.338 e. The fourth-order valence-corrected chi connectivity index (χ4v) is 3.37. The normalized spacial score (nSPS) is 16.0. The molecule has 8 nitrogen and oxygen atoms in total. The largest absolute Gasteiger partial charge is 0.338 e. The maximum absolute atomic E-state index is 12.5. The molecule has 2 aromatic heterocycles. The number of hydrogen-bond donors (Lipinski definition) is 2. The molecule has 1 aliphatic heterocycles. The standard InChI is InChI=1S/C20H20BrN5O3/c1-2-18(27)26-10-4-5-13(12-26)19(28)23-14-8-9-17(22-11-14)25-20(29)15-6-3-7-16(21)24-15/h2-3,6-9,11,13H,1,4-5,10,12H2,(H,23,28)(H,22,25,29)/t13-/m0/s1. The topological polar surface area (TPSA) is 104 Å². The molecule has 3 rings (SSSR count). The predicted molar refractivity (Wildman–Crippen MR) is 112 cm³/mol. The monoisotopic (exact) mass is 457 g/mol. The first-order valence-corrected chi connectivity index (χ1v) is 9.87. The van der Waals surface area contributed by atoms with Crippen molar-refractivity contribution in [2.24, 2.45) is 5.92 Å². The average molecular weight is 458 g/mol. The summed E-state index contributed by atoms with van der Waals surface area (Å²) in [5.41, 5.74) is 0.773. The number of halogens is 1. The van der Waals surface area contributed by atoms with E-state index in [2.05, 4.69) is 43.1 Å². The quantitative estimate of drug-likeness (QED) is 0.530. The molecule has 29 heavy (non-hydrogen) atoms. The first kappa shape index (κ1) is 20.7. The zero-order chi connectivity index (χ0) is 20.8. The van der Waals surface area contributed by atoms with Gasteiger partial charge in [-0.05, 0) is 59.1 Å². The van der Waals surface area contributed by atoms with Crippen molar-refractivity contribution in [3.8, 4) is 0 Å². The highest BCUT2D eigenvalue weighted by Crippen LogP contribution is 2.19. The molecular formula is C20H20BrN5O3. The number of hydrogen-bond acceptors (Lipinski definition) is 5. The van der Waals surface area contributed by atoms with Crippen LogP contribution < -0.4 is 10.6 Å². The fraction of sp³-hybridized carbons (Fsp3) is 0.250.